The standard InChI is InChI=1S/C12H9N3O4/c13-19-12(18)8-2-4-15-10(6-8)9-5-7(11(16)17)1-3-14-9/h1-6H,13H2,(H,16,17). The van der Waals surface area contributed by atoms with Gasteiger partial charge in [-0.15, -0.1) is 0 Å². The molecular weight excluding hydrogens is 250 g/mol. The van der Waals surface area contributed by atoms with Gasteiger partial charge in [0.15, 0.2) is 0 Å². The van der Waals surface area contributed by atoms with E-state index in [4.69, 9.17) is 11.0 Å². The first-order chi connectivity index (χ1) is 9.11. The van der Waals surface area contributed by atoms with E-state index in [9.17, 15) is 9.59 Å². The number of rotatable bonds is 3. The molecule has 7 heteroatoms. The molecule has 3 N–H and O–H groups in total. The van der Waals surface area contributed by atoms with E-state index < -0.39 is 11.9 Å². The van der Waals surface area contributed by atoms with E-state index in [2.05, 4.69) is 14.8 Å². The molecule has 0 amide bonds. The third kappa shape index (κ3) is 2.72. The quantitative estimate of drug-likeness (QED) is 0.785. The summed E-state index contributed by atoms with van der Waals surface area (Å²) in [5.74, 6) is 3.01. The molecule has 2 aromatic rings. The first kappa shape index (κ1) is 12.7. The van der Waals surface area contributed by atoms with Crippen molar-refractivity contribution >= 4 is 11.9 Å². The van der Waals surface area contributed by atoms with Crippen LogP contribution >= 0.6 is 0 Å². The second-order valence-corrected chi connectivity index (χ2v) is 3.57. The summed E-state index contributed by atoms with van der Waals surface area (Å²) >= 11 is 0. The van der Waals surface area contributed by atoms with E-state index in [1.165, 1.54) is 36.7 Å². The number of nitrogens with two attached hydrogens (primary N) is 1. The van der Waals surface area contributed by atoms with E-state index in [0.717, 1.165) is 0 Å². The lowest BCUT2D eigenvalue weighted by Crippen LogP contribution is -2.10. The summed E-state index contributed by atoms with van der Waals surface area (Å²) in [5.41, 5.74) is 0.978. The second kappa shape index (κ2) is 5.23. The summed E-state index contributed by atoms with van der Waals surface area (Å²) in [6.45, 7) is 0. The van der Waals surface area contributed by atoms with Crippen LogP contribution in [0.25, 0.3) is 11.4 Å². The van der Waals surface area contributed by atoms with Gasteiger partial charge in [-0.25, -0.2) is 9.59 Å². The Kier molecular flexibility index (Phi) is 3.48. The van der Waals surface area contributed by atoms with Crippen LogP contribution in [0, 0.1) is 0 Å². The van der Waals surface area contributed by atoms with Gasteiger partial charge in [0.05, 0.1) is 22.5 Å². The molecule has 0 radical (unpaired) electrons. The van der Waals surface area contributed by atoms with Crippen LogP contribution in [-0.4, -0.2) is 27.0 Å². The molecule has 0 bridgehead atoms. The van der Waals surface area contributed by atoms with Crippen molar-refractivity contribution < 1.29 is 19.5 Å². The van der Waals surface area contributed by atoms with E-state index in [1.807, 2.05) is 0 Å². The SMILES string of the molecule is NOC(=O)c1ccnc(-c2cc(C(=O)O)ccn2)c1. The van der Waals surface area contributed by atoms with Crippen molar-refractivity contribution in [2.75, 3.05) is 0 Å². The largest absolute Gasteiger partial charge is 0.478 e. The van der Waals surface area contributed by atoms with E-state index in [-0.39, 0.29) is 11.1 Å². The van der Waals surface area contributed by atoms with Gasteiger partial charge in [-0.3, -0.25) is 9.97 Å². The van der Waals surface area contributed by atoms with Crippen molar-refractivity contribution in [3.05, 3.63) is 47.8 Å². The van der Waals surface area contributed by atoms with Gasteiger partial charge in [0.1, 0.15) is 0 Å². The highest BCUT2D eigenvalue weighted by molar-refractivity contribution is 5.91. The van der Waals surface area contributed by atoms with Gasteiger partial charge in [-0.1, -0.05) is 0 Å². The lowest BCUT2D eigenvalue weighted by molar-refractivity contribution is 0.0503. The molecule has 2 aromatic heterocycles. The zero-order valence-electron chi connectivity index (χ0n) is 9.61. The van der Waals surface area contributed by atoms with Crippen LogP contribution in [0.1, 0.15) is 20.7 Å². The number of hydrogen-bond acceptors (Lipinski definition) is 6. The molecule has 19 heavy (non-hydrogen) atoms. The monoisotopic (exact) mass is 259 g/mol. The normalized spacial score (nSPS) is 9.95. The second-order valence-electron chi connectivity index (χ2n) is 3.57. The minimum atomic E-state index is -1.07. The molecule has 0 unspecified atom stereocenters. The van der Waals surface area contributed by atoms with Gasteiger partial charge in [-0.2, -0.15) is 5.90 Å². The van der Waals surface area contributed by atoms with Gasteiger partial charge in [0, 0.05) is 12.4 Å². The fourth-order valence-electron chi connectivity index (χ4n) is 1.47. The lowest BCUT2D eigenvalue weighted by atomic mass is 10.1. The topological polar surface area (TPSA) is 115 Å². The molecule has 0 fully saturated rings. The Morgan fingerprint density at radius 2 is 1.58 bits per heavy atom. The predicted molar refractivity (Wildman–Crippen MR) is 64.0 cm³/mol. The molecule has 0 spiro atoms. The van der Waals surface area contributed by atoms with E-state index in [0.29, 0.717) is 11.4 Å². The van der Waals surface area contributed by atoms with E-state index in [1.54, 1.807) is 0 Å². The smallest absolute Gasteiger partial charge is 0.356 e. The van der Waals surface area contributed by atoms with E-state index >= 15 is 0 Å². The fraction of sp³-hybridized carbons (Fsp3) is 0. The lowest BCUT2D eigenvalue weighted by Gasteiger charge is -2.03. The molecule has 2 rings (SSSR count). The van der Waals surface area contributed by atoms with Crippen LogP contribution in [0.2, 0.25) is 0 Å². The van der Waals surface area contributed by atoms with Crippen LogP contribution in [0.4, 0.5) is 0 Å². The molecule has 96 valence electrons. The number of aromatic carboxylic acids is 1. The van der Waals surface area contributed by atoms with Gasteiger partial charge in [0.25, 0.3) is 0 Å². The van der Waals surface area contributed by atoms with Crippen molar-refractivity contribution in [2.45, 2.75) is 0 Å². The molecule has 2 heterocycles. The Balaban J connectivity index is 2.44. The molecule has 7 nitrogen and oxygen atoms in total. The van der Waals surface area contributed by atoms with Crippen LogP contribution in [-0.2, 0) is 4.84 Å². The first-order valence-corrected chi connectivity index (χ1v) is 5.18. The number of carboxylic acids is 1. The van der Waals surface area contributed by atoms with Gasteiger partial charge < -0.3 is 9.94 Å². The Bertz CT molecular complexity index is 642. The van der Waals surface area contributed by atoms with Crippen LogP contribution < -0.4 is 5.90 Å². The average molecular weight is 259 g/mol. The minimum Gasteiger partial charge on any atom is -0.478 e. The highest BCUT2D eigenvalue weighted by atomic mass is 16.7. The number of carbonyl (C=O) groups is 2. The summed E-state index contributed by atoms with van der Waals surface area (Å²) in [6, 6.07) is 5.58. The molecular formula is C12H9N3O4. The number of aromatic nitrogens is 2. The Morgan fingerprint density at radius 1 is 1.05 bits per heavy atom. The molecule has 0 aliphatic heterocycles. The van der Waals surface area contributed by atoms with Gasteiger partial charge in [0.2, 0.25) is 0 Å². The summed E-state index contributed by atoms with van der Waals surface area (Å²) < 4.78 is 0. The predicted octanol–water partition coefficient (Wildman–Crippen LogP) is 0.872. The van der Waals surface area contributed by atoms with Gasteiger partial charge >= 0.3 is 11.9 Å². The number of nitrogens with zero attached hydrogens (tertiary/aromatic N) is 2. The third-order valence-corrected chi connectivity index (χ3v) is 2.37. The molecule has 0 atom stereocenters. The van der Waals surface area contributed by atoms with Crippen LogP contribution in [0.5, 0.6) is 0 Å². The van der Waals surface area contributed by atoms with Crippen molar-refractivity contribution in [1.82, 2.24) is 9.97 Å². The Labute approximate surface area is 107 Å². The van der Waals surface area contributed by atoms with Crippen molar-refractivity contribution in [2.24, 2.45) is 5.90 Å². The summed E-state index contributed by atoms with van der Waals surface area (Å²) in [7, 11) is 0. The maximum atomic E-state index is 11.3. The highest BCUT2D eigenvalue weighted by Gasteiger charge is 2.11. The Morgan fingerprint density at radius 3 is 2.11 bits per heavy atom. The molecule has 0 aromatic carbocycles. The summed E-state index contributed by atoms with van der Waals surface area (Å²) in [4.78, 5) is 34.3. The third-order valence-electron chi connectivity index (χ3n) is 2.37. The van der Waals surface area contributed by atoms with Gasteiger partial charge in [-0.05, 0) is 24.3 Å². The van der Waals surface area contributed by atoms with Crippen LogP contribution in [0.3, 0.4) is 0 Å². The number of hydrogen-bond donors (Lipinski definition) is 2. The summed E-state index contributed by atoms with van der Waals surface area (Å²) in [5, 5.41) is 8.90. The zero-order valence-corrected chi connectivity index (χ0v) is 9.61. The maximum absolute atomic E-state index is 11.3. The molecule has 0 saturated carbocycles. The molecule has 0 aliphatic carbocycles. The first-order valence-electron chi connectivity index (χ1n) is 5.18. The van der Waals surface area contributed by atoms with Crippen molar-refractivity contribution in [1.29, 1.82) is 0 Å². The number of carbonyl (C=O) groups excluding carboxylic acids is 1. The molecule has 0 saturated heterocycles. The zero-order chi connectivity index (χ0) is 13.8. The maximum Gasteiger partial charge on any atom is 0.356 e. The number of carboxylic acid groups (broad SMARTS) is 1. The van der Waals surface area contributed by atoms with Crippen molar-refractivity contribution in [3.8, 4) is 11.4 Å². The Hall–Kier alpha value is -2.80. The van der Waals surface area contributed by atoms with Crippen LogP contribution in [0.15, 0.2) is 36.7 Å². The minimum absolute atomic E-state index is 0.0820. The highest BCUT2D eigenvalue weighted by Crippen LogP contribution is 2.17. The number of pyridine rings is 2. The van der Waals surface area contributed by atoms with Crippen molar-refractivity contribution in [3.63, 3.8) is 0 Å². The summed E-state index contributed by atoms with van der Waals surface area (Å²) in [6.07, 6.45) is 2.74. The average Bonchev–Trinajstić information content (AvgIpc) is 2.46. The molecule has 0 aliphatic rings. The fourth-order valence-corrected chi connectivity index (χ4v) is 1.47.